The zero-order valence-electron chi connectivity index (χ0n) is 19.4. The Balaban J connectivity index is 1.96. The molecule has 4 rings (SSSR count). The minimum Gasteiger partial charge on any atom is -0.507 e. The van der Waals surface area contributed by atoms with Crippen molar-refractivity contribution in [1.29, 1.82) is 0 Å². The van der Waals surface area contributed by atoms with Gasteiger partial charge in [0, 0.05) is 5.69 Å². The van der Waals surface area contributed by atoms with E-state index in [-0.39, 0.29) is 16.7 Å². The molecule has 1 unspecified atom stereocenters. The van der Waals surface area contributed by atoms with Crippen molar-refractivity contribution in [3.63, 3.8) is 0 Å². The minimum absolute atomic E-state index is 0.0418. The molecular formula is C27H27NO5. The van der Waals surface area contributed by atoms with E-state index in [1.807, 2.05) is 25.1 Å². The SMILES string of the molecule is COc1ccc(C(C)(C)C)cc1/C(O)=C1\C(=O)C(=O)N(c2ccc(C)cc2)C1c1ccco1. The molecule has 0 bridgehead atoms. The molecule has 6 nitrogen and oxygen atoms in total. The fourth-order valence-electron chi connectivity index (χ4n) is 4.02. The lowest BCUT2D eigenvalue weighted by molar-refractivity contribution is -0.132. The minimum atomic E-state index is -0.911. The number of nitrogens with zero attached hydrogens (tertiary/aromatic N) is 1. The summed E-state index contributed by atoms with van der Waals surface area (Å²) in [5.74, 6) is -1.03. The van der Waals surface area contributed by atoms with E-state index in [1.165, 1.54) is 18.3 Å². The number of carbonyl (C=O) groups is 2. The van der Waals surface area contributed by atoms with Gasteiger partial charge in [0.2, 0.25) is 0 Å². The van der Waals surface area contributed by atoms with E-state index in [4.69, 9.17) is 9.15 Å². The Labute approximate surface area is 193 Å². The average Bonchev–Trinajstić information content (AvgIpc) is 3.40. The van der Waals surface area contributed by atoms with Gasteiger partial charge in [0.15, 0.2) is 0 Å². The highest BCUT2D eigenvalue weighted by Crippen LogP contribution is 2.44. The number of methoxy groups -OCH3 is 1. The van der Waals surface area contributed by atoms with Crippen LogP contribution in [-0.4, -0.2) is 23.9 Å². The summed E-state index contributed by atoms with van der Waals surface area (Å²) < 4.78 is 11.1. The van der Waals surface area contributed by atoms with Gasteiger partial charge in [0.05, 0.1) is 24.5 Å². The summed E-state index contributed by atoms with van der Waals surface area (Å²) in [6.07, 6.45) is 1.48. The van der Waals surface area contributed by atoms with Crippen LogP contribution in [0, 0.1) is 6.92 Å². The maximum absolute atomic E-state index is 13.3. The van der Waals surface area contributed by atoms with Crippen molar-refractivity contribution in [1.82, 2.24) is 0 Å². The van der Waals surface area contributed by atoms with Crippen molar-refractivity contribution in [2.24, 2.45) is 0 Å². The van der Waals surface area contributed by atoms with E-state index in [1.54, 1.807) is 36.4 Å². The van der Waals surface area contributed by atoms with Gasteiger partial charge in [0.25, 0.3) is 11.7 Å². The van der Waals surface area contributed by atoms with Crippen LogP contribution in [0.25, 0.3) is 5.76 Å². The van der Waals surface area contributed by atoms with Crippen LogP contribution in [0.5, 0.6) is 5.75 Å². The number of furan rings is 1. The number of amides is 1. The maximum atomic E-state index is 13.3. The van der Waals surface area contributed by atoms with Gasteiger partial charge in [-0.3, -0.25) is 14.5 Å². The topological polar surface area (TPSA) is 80.0 Å². The van der Waals surface area contributed by atoms with Crippen LogP contribution in [0.15, 0.2) is 70.9 Å². The molecule has 33 heavy (non-hydrogen) atoms. The van der Waals surface area contributed by atoms with Crippen LogP contribution < -0.4 is 9.64 Å². The van der Waals surface area contributed by atoms with Crippen LogP contribution in [0.4, 0.5) is 5.69 Å². The van der Waals surface area contributed by atoms with Gasteiger partial charge >= 0.3 is 0 Å². The number of anilines is 1. The fourth-order valence-corrected chi connectivity index (χ4v) is 4.02. The van der Waals surface area contributed by atoms with Crippen molar-refractivity contribution in [3.05, 3.63) is 88.9 Å². The first-order valence-electron chi connectivity index (χ1n) is 10.7. The van der Waals surface area contributed by atoms with E-state index in [9.17, 15) is 14.7 Å². The summed E-state index contributed by atoms with van der Waals surface area (Å²) in [4.78, 5) is 27.8. The number of aryl methyl sites for hydroxylation is 1. The van der Waals surface area contributed by atoms with E-state index in [0.717, 1.165) is 11.1 Å². The Morgan fingerprint density at radius 3 is 2.33 bits per heavy atom. The van der Waals surface area contributed by atoms with Gasteiger partial charge in [-0.15, -0.1) is 0 Å². The lowest BCUT2D eigenvalue weighted by Gasteiger charge is -2.24. The van der Waals surface area contributed by atoms with Crippen LogP contribution in [0.1, 0.15) is 49.3 Å². The quantitative estimate of drug-likeness (QED) is 0.325. The van der Waals surface area contributed by atoms with Crippen LogP contribution in [0.2, 0.25) is 0 Å². The van der Waals surface area contributed by atoms with Crippen molar-refractivity contribution >= 4 is 23.1 Å². The van der Waals surface area contributed by atoms with Gasteiger partial charge in [-0.1, -0.05) is 44.5 Å². The number of benzene rings is 2. The lowest BCUT2D eigenvalue weighted by Crippen LogP contribution is -2.29. The van der Waals surface area contributed by atoms with Crippen molar-refractivity contribution in [2.45, 2.75) is 39.2 Å². The number of carbonyl (C=O) groups excluding carboxylic acids is 2. The smallest absolute Gasteiger partial charge is 0.300 e. The normalized spacial score (nSPS) is 18.1. The van der Waals surface area contributed by atoms with E-state index >= 15 is 0 Å². The molecule has 2 heterocycles. The molecule has 170 valence electrons. The zero-order valence-corrected chi connectivity index (χ0v) is 19.4. The summed E-state index contributed by atoms with van der Waals surface area (Å²) in [7, 11) is 1.50. The number of aliphatic hydroxyl groups excluding tert-OH is 1. The number of aliphatic hydroxyl groups is 1. The second-order valence-electron chi connectivity index (χ2n) is 9.19. The molecule has 1 N–H and O–H groups in total. The Morgan fingerprint density at radius 1 is 1.06 bits per heavy atom. The third kappa shape index (κ3) is 3.93. The third-order valence-electron chi connectivity index (χ3n) is 5.89. The van der Waals surface area contributed by atoms with Crippen LogP contribution >= 0.6 is 0 Å². The fraction of sp³-hybridized carbons (Fsp3) is 0.259. The van der Waals surface area contributed by atoms with Gasteiger partial charge in [0.1, 0.15) is 23.3 Å². The number of Topliss-reactive ketones (excluding diaryl/α,β-unsaturated/α-hetero) is 1. The molecule has 0 radical (unpaired) electrons. The molecule has 0 saturated carbocycles. The molecule has 0 aliphatic carbocycles. The van der Waals surface area contributed by atoms with Crippen LogP contribution in [-0.2, 0) is 15.0 Å². The first-order valence-corrected chi connectivity index (χ1v) is 10.7. The number of hydrogen-bond donors (Lipinski definition) is 1. The highest BCUT2D eigenvalue weighted by molar-refractivity contribution is 6.51. The van der Waals surface area contributed by atoms with Gasteiger partial charge in [-0.25, -0.2) is 0 Å². The highest BCUT2D eigenvalue weighted by atomic mass is 16.5. The second-order valence-corrected chi connectivity index (χ2v) is 9.19. The first kappa shape index (κ1) is 22.4. The zero-order chi connectivity index (χ0) is 23.9. The Bertz CT molecular complexity index is 1230. The van der Waals surface area contributed by atoms with Crippen molar-refractivity contribution in [2.75, 3.05) is 12.0 Å². The Hall–Kier alpha value is -3.80. The predicted octanol–water partition coefficient (Wildman–Crippen LogP) is 5.52. The second kappa shape index (κ2) is 8.28. The first-order chi connectivity index (χ1) is 15.6. The predicted molar refractivity (Wildman–Crippen MR) is 126 cm³/mol. The summed E-state index contributed by atoms with van der Waals surface area (Å²) in [5, 5.41) is 11.4. The van der Waals surface area contributed by atoms with Gasteiger partial charge < -0.3 is 14.3 Å². The molecule has 1 atom stereocenters. The Kier molecular flexibility index (Phi) is 5.62. The summed E-state index contributed by atoms with van der Waals surface area (Å²) >= 11 is 0. The molecule has 1 aliphatic rings. The summed E-state index contributed by atoms with van der Waals surface area (Å²) in [6, 6.07) is 15.2. The van der Waals surface area contributed by atoms with Crippen molar-refractivity contribution in [3.8, 4) is 5.75 Å². The van der Waals surface area contributed by atoms with Gasteiger partial charge in [-0.05, 0) is 54.3 Å². The highest BCUT2D eigenvalue weighted by Gasteiger charge is 2.48. The van der Waals surface area contributed by atoms with E-state index in [2.05, 4.69) is 20.8 Å². The van der Waals surface area contributed by atoms with Gasteiger partial charge in [-0.2, -0.15) is 0 Å². The third-order valence-corrected chi connectivity index (χ3v) is 5.89. The summed E-state index contributed by atoms with van der Waals surface area (Å²) in [5.41, 5.74) is 2.62. The average molecular weight is 446 g/mol. The number of rotatable bonds is 4. The largest absolute Gasteiger partial charge is 0.507 e. The standard InChI is InChI=1S/C27H27NO5/c1-16-8-11-18(12-9-16)28-23(21-7-6-14-33-21)22(25(30)26(28)31)24(29)19-15-17(27(2,3)4)10-13-20(19)32-5/h6-15,23,29H,1-5H3/b24-22+. The van der Waals surface area contributed by atoms with Crippen LogP contribution in [0.3, 0.4) is 0 Å². The van der Waals surface area contributed by atoms with Crippen molar-refractivity contribution < 1.29 is 23.8 Å². The molecular weight excluding hydrogens is 418 g/mol. The molecule has 1 aromatic heterocycles. The molecule has 3 aromatic rings. The Morgan fingerprint density at radius 2 is 1.76 bits per heavy atom. The van der Waals surface area contributed by atoms with E-state index in [0.29, 0.717) is 22.8 Å². The monoisotopic (exact) mass is 445 g/mol. The lowest BCUT2D eigenvalue weighted by atomic mass is 9.85. The molecule has 0 spiro atoms. The molecule has 1 saturated heterocycles. The molecule has 2 aromatic carbocycles. The van der Waals surface area contributed by atoms with E-state index < -0.39 is 17.7 Å². The number of ketones is 1. The molecule has 1 amide bonds. The maximum Gasteiger partial charge on any atom is 0.300 e. The number of hydrogen-bond acceptors (Lipinski definition) is 5. The molecule has 1 aliphatic heterocycles. The molecule has 6 heteroatoms. The summed E-state index contributed by atoms with van der Waals surface area (Å²) in [6.45, 7) is 8.10. The number of ether oxygens (including phenoxy) is 1. The molecule has 1 fully saturated rings.